The number of rotatable bonds is 2. The first kappa shape index (κ1) is 18.0. The third-order valence-corrected chi connectivity index (χ3v) is 5.97. The molecule has 2 aliphatic heterocycles. The Morgan fingerprint density at radius 1 is 0.966 bits per heavy atom. The largest absolute Gasteiger partial charge is 0.324 e. The number of carbonyl (C=O) groups excluding carboxylic acids is 1. The Balaban J connectivity index is 1.63. The Kier molecular flexibility index (Phi) is 4.18. The topological polar surface area (TPSA) is 44.7 Å². The molecule has 1 unspecified atom stereocenters. The van der Waals surface area contributed by atoms with Gasteiger partial charge in [-0.1, -0.05) is 59.6 Å². The average molecular weight is 402 g/mol. The lowest BCUT2D eigenvalue weighted by molar-refractivity contribution is -0.121. The van der Waals surface area contributed by atoms with Crippen molar-refractivity contribution in [3.05, 3.63) is 94.5 Å². The molecule has 3 aromatic rings. The maximum absolute atomic E-state index is 13.4. The van der Waals surface area contributed by atoms with Crippen LogP contribution in [-0.2, 0) is 11.2 Å². The molecule has 1 N–H and O–H groups in total. The van der Waals surface area contributed by atoms with Gasteiger partial charge in [0, 0.05) is 23.6 Å². The molecule has 5 heteroatoms. The second-order valence-electron chi connectivity index (χ2n) is 7.70. The number of benzene rings is 3. The maximum Gasteiger partial charge on any atom is 0.253 e. The number of halogens is 1. The molecule has 2 aliphatic rings. The van der Waals surface area contributed by atoms with Crippen LogP contribution in [0.5, 0.6) is 0 Å². The van der Waals surface area contributed by atoms with Gasteiger partial charge in [0.1, 0.15) is 0 Å². The van der Waals surface area contributed by atoms with Gasteiger partial charge in [-0.2, -0.15) is 5.10 Å². The molecule has 4 nitrogen and oxygen atoms in total. The van der Waals surface area contributed by atoms with Crippen LogP contribution in [0.4, 0.5) is 11.4 Å². The van der Waals surface area contributed by atoms with Gasteiger partial charge < -0.3 is 5.32 Å². The molecule has 1 amide bonds. The third-order valence-electron chi connectivity index (χ3n) is 5.71. The van der Waals surface area contributed by atoms with Crippen LogP contribution in [-0.4, -0.2) is 17.2 Å². The van der Waals surface area contributed by atoms with Crippen molar-refractivity contribution >= 4 is 34.6 Å². The average Bonchev–Trinajstić information content (AvgIpc) is 3.10. The quantitative estimate of drug-likeness (QED) is 0.641. The van der Waals surface area contributed by atoms with Crippen LogP contribution in [0, 0.1) is 6.92 Å². The molecule has 0 radical (unpaired) electrons. The highest BCUT2D eigenvalue weighted by Gasteiger charge is 2.52. The zero-order valence-electron chi connectivity index (χ0n) is 16.0. The van der Waals surface area contributed by atoms with E-state index in [0.29, 0.717) is 17.9 Å². The Bertz CT molecular complexity index is 1120. The molecule has 5 rings (SSSR count). The lowest BCUT2D eigenvalue weighted by Gasteiger charge is -2.39. The summed E-state index contributed by atoms with van der Waals surface area (Å²) >= 11 is 6.10. The van der Waals surface area contributed by atoms with Crippen molar-refractivity contribution in [2.75, 3.05) is 10.3 Å². The number of para-hydroxylation sites is 1. The fourth-order valence-corrected chi connectivity index (χ4v) is 4.27. The van der Waals surface area contributed by atoms with Crippen LogP contribution in [0.15, 0.2) is 77.9 Å². The number of carbonyl (C=O) groups is 1. The fourth-order valence-electron chi connectivity index (χ4n) is 4.14. The highest BCUT2D eigenvalue weighted by molar-refractivity contribution is 6.30. The fraction of sp³-hybridized carbons (Fsp3) is 0.167. The monoisotopic (exact) mass is 401 g/mol. The summed E-state index contributed by atoms with van der Waals surface area (Å²) < 4.78 is 0. The molecule has 29 heavy (non-hydrogen) atoms. The summed E-state index contributed by atoms with van der Waals surface area (Å²) in [5, 5.41) is 10.6. The second-order valence-corrected chi connectivity index (χ2v) is 8.13. The molecular formula is C24H20ClN3O. The van der Waals surface area contributed by atoms with E-state index in [-0.39, 0.29) is 5.91 Å². The van der Waals surface area contributed by atoms with E-state index in [1.54, 1.807) is 0 Å². The van der Waals surface area contributed by atoms with Crippen molar-refractivity contribution in [2.45, 2.75) is 25.3 Å². The first-order chi connectivity index (χ1) is 14.0. The van der Waals surface area contributed by atoms with Gasteiger partial charge in [-0.05, 0) is 48.4 Å². The number of hydrogen-bond acceptors (Lipinski definition) is 3. The van der Waals surface area contributed by atoms with Crippen molar-refractivity contribution in [1.82, 2.24) is 0 Å². The van der Waals surface area contributed by atoms with Gasteiger partial charge >= 0.3 is 0 Å². The predicted octanol–water partition coefficient (Wildman–Crippen LogP) is 5.20. The van der Waals surface area contributed by atoms with Crippen molar-refractivity contribution in [2.24, 2.45) is 5.10 Å². The Morgan fingerprint density at radius 3 is 2.45 bits per heavy atom. The molecule has 0 saturated carbocycles. The minimum atomic E-state index is -0.803. The van der Waals surface area contributed by atoms with Crippen LogP contribution in [0.3, 0.4) is 0 Å². The van der Waals surface area contributed by atoms with E-state index in [0.717, 1.165) is 28.2 Å². The molecule has 3 aromatic carbocycles. The second kappa shape index (κ2) is 6.75. The summed E-state index contributed by atoms with van der Waals surface area (Å²) in [6.07, 6.45) is 1.13. The molecule has 1 atom stereocenters. The summed E-state index contributed by atoms with van der Waals surface area (Å²) in [5.41, 5.74) is 5.19. The summed E-state index contributed by atoms with van der Waals surface area (Å²) in [4.78, 5) is 13.4. The van der Waals surface area contributed by atoms with Gasteiger partial charge in [0.05, 0.1) is 11.4 Å². The van der Waals surface area contributed by atoms with Crippen molar-refractivity contribution in [3.8, 4) is 0 Å². The van der Waals surface area contributed by atoms with Crippen molar-refractivity contribution < 1.29 is 4.79 Å². The van der Waals surface area contributed by atoms with Gasteiger partial charge in [-0.15, -0.1) is 0 Å². The molecule has 0 bridgehead atoms. The van der Waals surface area contributed by atoms with Gasteiger partial charge in [0.2, 0.25) is 0 Å². The third kappa shape index (κ3) is 3.00. The van der Waals surface area contributed by atoms with Crippen LogP contribution in [0.1, 0.15) is 23.1 Å². The highest BCUT2D eigenvalue weighted by atomic mass is 35.5. The maximum atomic E-state index is 13.4. The molecule has 2 heterocycles. The van der Waals surface area contributed by atoms with E-state index in [1.165, 1.54) is 5.56 Å². The SMILES string of the molecule is Cc1ccc(C2=NN(c3ccc(Cl)cc3)C3(C2)Cc2ccccc2NC3=O)cc1. The molecular weight excluding hydrogens is 382 g/mol. The van der Waals surface area contributed by atoms with E-state index in [9.17, 15) is 4.79 Å². The standard InChI is InChI=1S/C24H20ClN3O/c1-16-6-8-17(9-7-16)22-15-24(28(27-22)20-12-10-19(25)11-13-20)14-18-4-2-3-5-21(18)26-23(24)29/h2-13H,14-15H2,1H3,(H,26,29). The van der Waals surface area contributed by atoms with Crippen molar-refractivity contribution in [1.29, 1.82) is 0 Å². The summed E-state index contributed by atoms with van der Waals surface area (Å²) in [7, 11) is 0. The predicted molar refractivity (Wildman–Crippen MR) is 118 cm³/mol. The summed E-state index contributed by atoms with van der Waals surface area (Å²) in [5.74, 6) is -0.0305. The molecule has 0 fully saturated rings. The first-order valence-electron chi connectivity index (χ1n) is 9.65. The number of amides is 1. The number of aryl methyl sites for hydroxylation is 1. The minimum Gasteiger partial charge on any atom is -0.324 e. The van der Waals surface area contributed by atoms with Crippen LogP contribution in [0.2, 0.25) is 5.02 Å². The molecule has 1 spiro atoms. The number of fused-ring (bicyclic) bond motifs is 1. The zero-order valence-corrected chi connectivity index (χ0v) is 16.8. The lowest BCUT2D eigenvalue weighted by Crippen LogP contribution is -2.56. The highest BCUT2D eigenvalue weighted by Crippen LogP contribution is 2.42. The Morgan fingerprint density at radius 2 is 1.69 bits per heavy atom. The van der Waals surface area contributed by atoms with Crippen LogP contribution < -0.4 is 10.3 Å². The number of hydrazone groups is 1. The molecule has 144 valence electrons. The van der Waals surface area contributed by atoms with E-state index in [2.05, 4.69) is 42.6 Å². The molecule has 0 aliphatic carbocycles. The number of nitrogens with zero attached hydrogens (tertiary/aromatic N) is 2. The van der Waals surface area contributed by atoms with Gasteiger partial charge in [0.15, 0.2) is 5.54 Å². The normalized spacial score (nSPS) is 20.4. The number of nitrogens with one attached hydrogen (secondary N) is 1. The Labute approximate surface area is 174 Å². The van der Waals surface area contributed by atoms with Gasteiger partial charge in [-0.3, -0.25) is 4.79 Å². The minimum absolute atomic E-state index is 0.0305. The molecule has 0 saturated heterocycles. The van der Waals surface area contributed by atoms with Crippen molar-refractivity contribution in [3.63, 3.8) is 0 Å². The molecule has 0 aromatic heterocycles. The van der Waals surface area contributed by atoms with Gasteiger partial charge in [0.25, 0.3) is 5.91 Å². The smallest absolute Gasteiger partial charge is 0.253 e. The van der Waals surface area contributed by atoms with E-state index >= 15 is 0 Å². The number of anilines is 2. The van der Waals surface area contributed by atoms with E-state index < -0.39 is 5.54 Å². The zero-order chi connectivity index (χ0) is 20.0. The first-order valence-corrected chi connectivity index (χ1v) is 10.0. The van der Waals surface area contributed by atoms with Gasteiger partial charge in [-0.25, -0.2) is 5.01 Å². The number of hydrogen-bond donors (Lipinski definition) is 1. The summed E-state index contributed by atoms with van der Waals surface area (Å²) in [6, 6.07) is 23.8. The van der Waals surface area contributed by atoms with E-state index in [4.69, 9.17) is 16.7 Å². The van der Waals surface area contributed by atoms with E-state index in [1.807, 2.05) is 47.5 Å². The Hall–Kier alpha value is -3.11. The van der Waals surface area contributed by atoms with Crippen LogP contribution in [0.25, 0.3) is 0 Å². The van der Waals surface area contributed by atoms with Crippen LogP contribution >= 0.6 is 11.6 Å². The summed E-state index contributed by atoms with van der Waals surface area (Å²) in [6.45, 7) is 2.06. The lowest BCUT2D eigenvalue weighted by atomic mass is 9.80.